The highest BCUT2D eigenvalue weighted by Crippen LogP contribution is 2.27. The maximum Gasteiger partial charge on any atom is 0.176 e. The number of nitrogens with zero attached hydrogens (tertiary/aromatic N) is 1. The predicted molar refractivity (Wildman–Crippen MR) is 70.2 cm³/mol. The standard InChI is InChI=1S/C14H13FN2O2/c1-9-5-7-10(8-6-9)19-12-4-2-3-11(15)13(12)14(16)17-18/h2-8,18H,1H3,(H2,16,17). The van der Waals surface area contributed by atoms with Crippen LogP contribution in [0.1, 0.15) is 11.1 Å². The summed E-state index contributed by atoms with van der Waals surface area (Å²) in [5.74, 6) is -0.206. The molecule has 0 saturated carbocycles. The molecular formula is C14H13FN2O2. The normalized spacial score (nSPS) is 11.4. The molecule has 0 aliphatic heterocycles. The number of aryl methyl sites for hydroxylation is 1. The van der Waals surface area contributed by atoms with Gasteiger partial charge in [-0.25, -0.2) is 4.39 Å². The van der Waals surface area contributed by atoms with E-state index in [4.69, 9.17) is 15.7 Å². The van der Waals surface area contributed by atoms with Gasteiger partial charge in [-0.2, -0.15) is 0 Å². The van der Waals surface area contributed by atoms with E-state index in [-0.39, 0.29) is 17.1 Å². The molecule has 0 radical (unpaired) electrons. The van der Waals surface area contributed by atoms with E-state index in [1.165, 1.54) is 12.1 Å². The van der Waals surface area contributed by atoms with Crippen molar-refractivity contribution in [1.82, 2.24) is 0 Å². The summed E-state index contributed by atoms with van der Waals surface area (Å²) in [6, 6.07) is 11.5. The number of amidine groups is 1. The second kappa shape index (κ2) is 5.39. The van der Waals surface area contributed by atoms with E-state index in [0.717, 1.165) is 5.56 Å². The first kappa shape index (κ1) is 12.9. The lowest BCUT2D eigenvalue weighted by molar-refractivity contribution is 0.318. The molecule has 19 heavy (non-hydrogen) atoms. The van der Waals surface area contributed by atoms with Gasteiger partial charge in [-0.15, -0.1) is 0 Å². The SMILES string of the molecule is Cc1ccc(Oc2cccc(F)c2C(N)=NO)cc1. The summed E-state index contributed by atoms with van der Waals surface area (Å²) in [6.45, 7) is 1.95. The predicted octanol–water partition coefficient (Wildman–Crippen LogP) is 3.02. The van der Waals surface area contributed by atoms with E-state index >= 15 is 0 Å². The number of ether oxygens (including phenoxy) is 1. The van der Waals surface area contributed by atoms with Gasteiger partial charge in [-0.1, -0.05) is 28.9 Å². The Balaban J connectivity index is 2.40. The van der Waals surface area contributed by atoms with Crippen molar-refractivity contribution in [2.45, 2.75) is 6.92 Å². The molecule has 2 rings (SSSR count). The fourth-order valence-corrected chi connectivity index (χ4v) is 1.62. The van der Waals surface area contributed by atoms with Crippen LogP contribution in [0.2, 0.25) is 0 Å². The Labute approximate surface area is 109 Å². The first-order valence-electron chi connectivity index (χ1n) is 5.62. The van der Waals surface area contributed by atoms with Crippen LogP contribution in [0, 0.1) is 12.7 Å². The van der Waals surface area contributed by atoms with E-state index in [2.05, 4.69) is 5.16 Å². The Kier molecular flexibility index (Phi) is 3.66. The van der Waals surface area contributed by atoms with E-state index in [1.54, 1.807) is 18.2 Å². The molecule has 0 amide bonds. The molecule has 0 unspecified atom stereocenters. The summed E-state index contributed by atoms with van der Waals surface area (Å²) < 4.78 is 19.3. The van der Waals surface area contributed by atoms with Gasteiger partial charge in [0.15, 0.2) is 5.84 Å². The molecule has 0 fully saturated rings. The van der Waals surface area contributed by atoms with Crippen LogP contribution in [-0.4, -0.2) is 11.0 Å². The van der Waals surface area contributed by atoms with Crippen molar-refractivity contribution in [3.05, 3.63) is 59.4 Å². The van der Waals surface area contributed by atoms with Crippen LogP contribution >= 0.6 is 0 Å². The molecule has 0 spiro atoms. The number of rotatable bonds is 3. The lowest BCUT2D eigenvalue weighted by Gasteiger charge is -2.11. The topological polar surface area (TPSA) is 67.8 Å². The quantitative estimate of drug-likeness (QED) is 0.386. The Morgan fingerprint density at radius 1 is 1.21 bits per heavy atom. The number of halogens is 1. The van der Waals surface area contributed by atoms with Crippen LogP contribution < -0.4 is 10.5 Å². The monoisotopic (exact) mass is 260 g/mol. The van der Waals surface area contributed by atoms with Crippen molar-refractivity contribution in [1.29, 1.82) is 0 Å². The van der Waals surface area contributed by atoms with Gasteiger partial charge in [-0.05, 0) is 31.2 Å². The van der Waals surface area contributed by atoms with Crippen LogP contribution in [0.25, 0.3) is 0 Å². The molecule has 0 bridgehead atoms. The summed E-state index contributed by atoms with van der Waals surface area (Å²) >= 11 is 0. The molecule has 0 aliphatic carbocycles. The molecule has 2 aromatic carbocycles. The highest BCUT2D eigenvalue weighted by Gasteiger charge is 2.14. The Bertz CT molecular complexity index is 609. The van der Waals surface area contributed by atoms with E-state index in [0.29, 0.717) is 5.75 Å². The van der Waals surface area contributed by atoms with Crippen LogP contribution in [-0.2, 0) is 0 Å². The molecule has 0 atom stereocenters. The number of nitrogens with two attached hydrogens (primary N) is 1. The minimum Gasteiger partial charge on any atom is -0.456 e. The Hall–Kier alpha value is -2.56. The first-order valence-corrected chi connectivity index (χ1v) is 5.62. The number of hydrogen-bond acceptors (Lipinski definition) is 3. The molecule has 4 nitrogen and oxygen atoms in total. The summed E-state index contributed by atoms with van der Waals surface area (Å²) in [7, 11) is 0. The third-order valence-corrected chi connectivity index (χ3v) is 2.59. The zero-order chi connectivity index (χ0) is 13.8. The van der Waals surface area contributed by atoms with Gasteiger partial charge in [0.25, 0.3) is 0 Å². The van der Waals surface area contributed by atoms with Crippen molar-refractivity contribution in [3.63, 3.8) is 0 Å². The van der Waals surface area contributed by atoms with Gasteiger partial charge in [0.1, 0.15) is 17.3 Å². The smallest absolute Gasteiger partial charge is 0.176 e. The summed E-state index contributed by atoms with van der Waals surface area (Å²) in [4.78, 5) is 0. The summed E-state index contributed by atoms with van der Waals surface area (Å²) in [6.07, 6.45) is 0. The second-order valence-electron chi connectivity index (χ2n) is 4.01. The van der Waals surface area contributed by atoms with Crippen molar-refractivity contribution < 1.29 is 14.3 Å². The Morgan fingerprint density at radius 2 is 1.89 bits per heavy atom. The largest absolute Gasteiger partial charge is 0.456 e. The van der Waals surface area contributed by atoms with E-state index in [9.17, 15) is 4.39 Å². The summed E-state index contributed by atoms with van der Waals surface area (Å²) in [5.41, 5.74) is 6.48. The minimum absolute atomic E-state index is 0.0643. The van der Waals surface area contributed by atoms with Crippen molar-refractivity contribution >= 4 is 5.84 Å². The van der Waals surface area contributed by atoms with E-state index in [1.807, 2.05) is 19.1 Å². The number of hydrogen-bond donors (Lipinski definition) is 2. The molecule has 3 N–H and O–H groups in total. The fourth-order valence-electron chi connectivity index (χ4n) is 1.62. The zero-order valence-electron chi connectivity index (χ0n) is 10.3. The third-order valence-electron chi connectivity index (χ3n) is 2.59. The number of oxime groups is 1. The highest BCUT2D eigenvalue weighted by atomic mass is 19.1. The highest BCUT2D eigenvalue weighted by molar-refractivity contribution is 5.99. The first-order chi connectivity index (χ1) is 9.11. The maximum atomic E-state index is 13.7. The lowest BCUT2D eigenvalue weighted by atomic mass is 10.1. The van der Waals surface area contributed by atoms with Crippen LogP contribution in [0.5, 0.6) is 11.5 Å². The molecule has 98 valence electrons. The average molecular weight is 260 g/mol. The van der Waals surface area contributed by atoms with Crippen molar-refractivity contribution in [3.8, 4) is 11.5 Å². The minimum atomic E-state index is -0.611. The van der Waals surface area contributed by atoms with Crippen LogP contribution in [0.15, 0.2) is 47.6 Å². The van der Waals surface area contributed by atoms with Gasteiger partial charge in [0, 0.05) is 0 Å². The maximum absolute atomic E-state index is 13.7. The van der Waals surface area contributed by atoms with Crippen LogP contribution in [0.4, 0.5) is 4.39 Å². The lowest BCUT2D eigenvalue weighted by Crippen LogP contribution is -2.16. The fraction of sp³-hybridized carbons (Fsp3) is 0.0714. The molecule has 0 aromatic heterocycles. The number of benzene rings is 2. The zero-order valence-corrected chi connectivity index (χ0v) is 10.3. The van der Waals surface area contributed by atoms with Gasteiger partial charge in [0.05, 0.1) is 5.56 Å². The second-order valence-corrected chi connectivity index (χ2v) is 4.01. The van der Waals surface area contributed by atoms with Gasteiger partial charge in [-0.3, -0.25) is 0 Å². The third kappa shape index (κ3) is 2.82. The van der Waals surface area contributed by atoms with Crippen molar-refractivity contribution in [2.75, 3.05) is 0 Å². The molecule has 5 heteroatoms. The van der Waals surface area contributed by atoms with Crippen LogP contribution in [0.3, 0.4) is 0 Å². The molecule has 2 aromatic rings. The van der Waals surface area contributed by atoms with Gasteiger partial charge < -0.3 is 15.7 Å². The van der Waals surface area contributed by atoms with E-state index < -0.39 is 5.82 Å². The summed E-state index contributed by atoms with van der Waals surface area (Å²) in [5, 5.41) is 11.5. The molecule has 0 heterocycles. The van der Waals surface area contributed by atoms with Crippen molar-refractivity contribution in [2.24, 2.45) is 10.9 Å². The van der Waals surface area contributed by atoms with Gasteiger partial charge in [0.2, 0.25) is 0 Å². The molecular weight excluding hydrogens is 247 g/mol. The molecule has 0 saturated heterocycles. The van der Waals surface area contributed by atoms with Gasteiger partial charge >= 0.3 is 0 Å². The average Bonchev–Trinajstić information content (AvgIpc) is 2.41. The Morgan fingerprint density at radius 3 is 2.53 bits per heavy atom. The molecule has 0 aliphatic rings.